The van der Waals surface area contributed by atoms with Gasteiger partial charge in [-0.25, -0.2) is 4.98 Å². The molecule has 0 aliphatic heterocycles. The number of carbonyl (C=O) groups is 1. The molecule has 2 rings (SSSR count). The zero-order valence-corrected chi connectivity index (χ0v) is 11.6. The number of hydrogen-bond donors (Lipinski definition) is 2. The Bertz CT molecular complexity index is 539. The normalized spacial score (nSPS) is 12.1. The number of nitrogens with zero attached hydrogens (tertiary/aromatic N) is 1. The average molecular weight is 275 g/mol. The number of amides is 1. The first-order valence-corrected chi connectivity index (χ1v) is 6.99. The topological polar surface area (TPSA) is 68.0 Å². The van der Waals surface area contributed by atoms with E-state index in [2.05, 4.69) is 10.3 Å². The zero-order valence-electron chi connectivity index (χ0n) is 10.8. The van der Waals surface area contributed by atoms with Crippen molar-refractivity contribution in [1.82, 2.24) is 10.3 Å². The Morgan fingerprint density at radius 1 is 1.42 bits per heavy atom. The Morgan fingerprint density at radius 2 is 2.16 bits per heavy atom. The maximum absolute atomic E-state index is 11.8. The first-order chi connectivity index (χ1) is 9.16. The van der Waals surface area contributed by atoms with Gasteiger partial charge in [-0.1, -0.05) is 30.3 Å². The molecule has 0 saturated heterocycles. The van der Waals surface area contributed by atoms with Crippen molar-refractivity contribution in [3.8, 4) is 0 Å². The molecule has 4 nitrogen and oxygen atoms in total. The monoisotopic (exact) mass is 275 g/mol. The molecular formula is C14H17N3OS. The highest BCUT2D eigenvalue weighted by molar-refractivity contribution is 7.13. The van der Waals surface area contributed by atoms with Gasteiger partial charge in [0.2, 0.25) is 0 Å². The molecular weight excluding hydrogens is 258 g/mol. The van der Waals surface area contributed by atoms with Crippen molar-refractivity contribution >= 4 is 17.2 Å². The molecule has 0 fully saturated rings. The summed E-state index contributed by atoms with van der Waals surface area (Å²) in [5.41, 5.74) is 7.15. The van der Waals surface area contributed by atoms with Crippen LogP contribution in [0, 0.1) is 6.92 Å². The highest BCUT2D eigenvalue weighted by Gasteiger charge is 2.10. The van der Waals surface area contributed by atoms with E-state index in [1.54, 1.807) is 6.20 Å². The zero-order chi connectivity index (χ0) is 13.7. The molecule has 1 aromatic heterocycles. The SMILES string of the molecule is Cc1ncc(C(=O)NCCC(N)c2ccccc2)s1. The molecule has 0 aliphatic carbocycles. The fourth-order valence-corrected chi connectivity index (χ4v) is 2.46. The molecule has 0 bridgehead atoms. The van der Waals surface area contributed by atoms with Crippen LogP contribution in [0.1, 0.15) is 32.7 Å². The summed E-state index contributed by atoms with van der Waals surface area (Å²) in [6, 6.07) is 9.84. The lowest BCUT2D eigenvalue weighted by molar-refractivity contribution is 0.0956. The number of aryl methyl sites for hydroxylation is 1. The summed E-state index contributed by atoms with van der Waals surface area (Å²) in [6.45, 7) is 2.44. The van der Waals surface area contributed by atoms with Crippen molar-refractivity contribution in [3.63, 3.8) is 0 Å². The van der Waals surface area contributed by atoms with Gasteiger partial charge in [0, 0.05) is 12.6 Å². The van der Waals surface area contributed by atoms with Crippen molar-refractivity contribution in [2.75, 3.05) is 6.54 Å². The quantitative estimate of drug-likeness (QED) is 0.879. The molecule has 0 radical (unpaired) electrons. The van der Waals surface area contributed by atoms with Crippen molar-refractivity contribution in [2.24, 2.45) is 5.73 Å². The maximum Gasteiger partial charge on any atom is 0.263 e. The van der Waals surface area contributed by atoms with E-state index in [0.29, 0.717) is 17.8 Å². The number of thiazole rings is 1. The van der Waals surface area contributed by atoms with Crippen molar-refractivity contribution in [1.29, 1.82) is 0 Å². The van der Waals surface area contributed by atoms with Crippen LogP contribution in [0.15, 0.2) is 36.5 Å². The second kappa shape index (κ2) is 6.45. The molecule has 0 spiro atoms. The average Bonchev–Trinajstić information content (AvgIpc) is 2.86. The van der Waals surface area contributed by atoms with Gasteiger partial charge in [-0.3, -0.25) is 4.79 Å². The molecule has 5 heteroatoms. The molecule has 3 N–H and O–H groups in total. The van der Waals surface area contributed by atoms with Gasteiger partial charge >= 0.3 is 0 Å². The molecule has 0 saturated carbocycles. The number of aromatic nitrogens is 1. The van der Waals surface area contributed by atoms with Crippen molar-refractivity contribution < 1.29 is 4.79 Å². The fourth-order valence-electron chi connectivity index (χ4n) is 1.76. The standard InChI is InChI=1S/C14H17N3OS/c1-10-17-9-13(19-10)14(18)16-8-7-12(15)11-5-3-2-4-6-11/h2-6,9,12H,7-8,15H2,1H3,(H,16,18). The Balaban J connectivity index is 1.79. The summed E-state index contributed by atoms with van der Waals surface area (Å²) in [7, 11) is 0. The smallest absolute Gasteiger partial charge is 0.263 e. The predicted octanol–water partition coefficient (Wildman–Crippen LogP) is 2.27. The third-order valence-corrected chi connectivity index (χ3v) is 3.73. The highest BCUT2D eigenvalue weighted by atomic mass is 32.1. The minimum atomic E-state index is -0.0779. The lowest BCUT2D eigenvalue weighted by atomic mass is 10.1. The molecule has 1 unspecified atom stereocenters. The van der Waals surface area contributed by atoms with Gasteiger partial charge in [-0.15, -0.1) is 11.3 Å². The van der Waals surface area contributed by atoms with E-state index in [0.717, 1.165) is 10.6 Å². The van der Waals surface area contributed by atoms with Crippen LogP contribution in [0.5, 0.6) is 0 Å². The van der Waals surface area contributed by atoms with Crippen LogP contribution in [-0.2, 0) is 0 Å². The minimum Gasteiger partial charge on any atom is -0.351 e. The van der Waals surface area contributed by atoms with E-state index in [1.165, 1.54) is 11.3 Å². The van der Waals surface area contributed by atoms with Gasteiger partial charge in [-0.05, 0) is 18.9 Å². The Kier molecular flexibility index (Phi) is 4.65. The summed E-state index contributed by atoms with van der Waals surface area (Å²) in [5.74, 6) is -0.0779. The Labute approximate surface area is 116 Å². The summed E-state index contributed by atoms with van der Waals surface area (Å²) < 4.78 is 0. The van der Waals surface area contributed by atoms with Crippen LogP contribution in [0.25, 0.3) is 0 Å². The lowest BCUT2D eigenvalue weighted by Gasteiger charge is -2.12. The van der Waals surface area contributed by atoms with Crippen LogP contribution in [0.4, 0.5) is 0 Å². The number of carbonyl (C=O) groups excluding carboxylic acids is 1. The van der Waals surface area contributed by atoms with Crippen LogP contribution >= 0.6 is 11.3 Å². The summed E-state index contributed by atoms with van der Waals surface area (Å²) >= 11 is 1.40. The molecule has 1 atom stereocenters. The molecule has 100 valence electrons. The van der Waals surface area contributed by atoms with Gasteiger partial charge in [-0.2, -0.15) is 0 Å². The molecule has 0 aliphatic rings. The first kappa shape index (κ1) is 13.7. The summed E-state index contributed by atoms with van der Waals surface area (Å²) in [6.07, 6.45) is 2.32. The molecule has 1 heterocycles. The van der Waals surface area contributed by atoms with E-state index in [9.17, 15) is 4.79 Å². The van der Waals surface area contributed by atoms with E-state index < -0.39 is 0 Å². The third-order valence-electron chi connectivity index (χ3n) is 2.81. The van der Waals surface area contributed by atoms with Crippen molar-refractivity contribution in [2.45, 2.75) is 19.4 Å². The van der Waals surface area contributed by atoms with Crippen LogP contribution in [0.3, 0.4) is 0 Å². The van der Waals surface area contributed by atoms with Crippen LogP contribution in [-0.4, -0.2) is 17.4 Å². The van der Waals surface area contributed by atoms with Gasteiger partial charge in [0.15, 0.2) is 0 Å². The highest BCUT2D eigenvalue weighted by Crippen LogP contribution is 2.13. The number of benzene rings is 1. The Hall–Kier alpha value is -1.72. The van der Waals surface area contributed by atoms with E-state index in [-0.39, 0.29) is 11.9 Å². The molecule has 1 amide bonds. The van der Waals surface area contributed by atoms with E-state index >= 15 is 0 Å². The van der Waals surface area contributed by atoms with Gasteiger partial charge in [0.05, 0.1) is 11.2 Å². The molecule has 1 aromatic carbocycles. The second-order valence-corrected chi connectivity index (χ2v) is 5.54. The number of hydrogen-bond acceptors (Lipinski definition) is 4. The number of nitrogens with two attached hydrogens (primary N) is 1. The number of rotatable bonds is 5. The first-order valence-electron chi connectivity index (χ1n) is 6.18. The number of nitrogens with one attached hydrogen (secondary N) is 1. The minimum absolute atomic E-state index is 0.0512. The summed E-state index contributed by atoms with van der Waals surface area (Å²) in [5, 5.41) is 3.76. The van der Waals surface area contributed by atoms with Crippen LogP contribution in [0.2, 0.25) is 0 Å². The van der Waals surface area contributed by atoms with E-state index in [1.807, 2.05) is 37.3 Å². The van der Waals surface area contributed by atoms with Gasteiger partial charge in [0.1, 0.15) is 4.88 Å². The fraction of sp³-hybridized carbons (Fsp3) is 0.286. The molecule has 19 heavy (non-hydrogen) atoms. The van der Waals surface area contributed by atoms with Crippen molar-refractivity contribution in [3.05, 3.63) is 52.0 Å². The van der Waals surface area contributed by atoms with Gasteiger partial charge in [0.25, 0.3) is 5.91 Å². The largest absolute Gasteiger partial charge is 0.351 e. The third kappa shape index (κ3) is 3.87. The molecule has 2 aromatic rings. The van der Waals surface area contributed by atoms with Gasteiger partial charge < -0.3 is 11.1 Å². The van der Waals surface area contributed by atoms with E-state index in [4.69, 9.17) is 5.73 Å². The lowest BCUT2D eigenvalue weighted by Crippen LogP contribution is -2.26. The second-order valence-electron chi connectivity index (χ2n) is 4.31. The maximum atomic E-state index is 11.8. The van der Waals surface area contributed by atoms with Crippen LogP contribution < -0.4 is 11.1 Å². The summed E-state index contributed by atoms with van der Waals surface area (Å²) in [4.78, 5) is 16.5. The predicted molar refractivity (Wildman–Crippen MR) is 77.2 cm³/mol. The Morgan fingerprint density at radius 3 is 2.79 bits per heavy atom.